The highest BCUT2D eigenvalue weighted by atomic mass is 32.2. The van der Waals surface area contributed by atoms with Crippen LogP contribution in [0.5, 0.6) is 5.75 Å². The highest BCUT2D eigenvalue weighted by Crippen LogP contribution is 2.33. The summed E-state index contributed by atoms with van der Waals surface area (Å²) in [7, 11) is 1.76. The van der Waals surface area contributed by atoms with E-state index in [1.165, 1.54) is 17.3 Å². The van der Waals surface area contributed by atoms with Gasteiger partial charge in [-0.05, 0) is 73.5 Å². The quantitative estimate of drug-likeness (QED) is 0.664. The minimum atomic E-state index is -0.0425. The van der Waals surface area contributed by atoms with Crippen molar-refractivity contribution in [2.24, 2.45) is 4.99 Å². The molecule has 1 amide bonds. The predicted octanol–water partition coefficient (Wildman–Crippen LogP) is 5.27. The third kappa shape index (κ3) is 4.80. The van der Waals surface area contributed by atoms with E-state index >= 15 is 0 Å². The van der Waals surface area contributed by atoms with E-state index in [9.17, 15) is 4.79 Å². The Labute approximate surface area is 164 Å². The first-order valence-electron chi connectivity index (χ1n) is 9.08. The van der Waals surface area contributed by atoms with Gasteiger partial charge in [0.15, 0.2) is 5.17 Å². The molecule has 3 rings (SSSR count). The number of aliphatic imine (C=N–C) groups is 1. The van der Waals surface area contributed by atoms with Gasteiger partial charge in [0, 0.05) is 7.05 Å². The molecule has 1 aliphatic heterocycles. The number of amidine groups is 1. The molecule has 0 aliphatic carbocycles. The number of nitrogens with zero attached hydrogens (tertiary/aromatic N) is 2. The van der Waals surface area contributed by atoms with Crippen LogP contribution in [-0.4, -0.2) is 29.1 Å². The maximum absolute atomic E-state index is 12.6. The van der Waals surface area contributed by atoms with Crippen LogP contribution in [0.25, 0.3) is 6.08 Å². The average molecular weight is 381 g/mol. The van der Waals surface area contributed by atoms with Gasteiger partial charge in [0.1, 0.15) is 5.75 Å². The van der Waals surface area contributed by atoms with Crippen molar-refractivity contribution in [2.45, 2.75) is 33.3 Å². The molecule has 0 aromatic heterocycles. The van der Waals surface area contributed by atoms with Gasteiger partial charge < -0.3 is 4.74 Å². The van der Waals surface area contributed by atoms with Crippen molar-refractivity contribution in [3.05, 3.63) is 64.6 Å². The number of amides is 1. The van der Waals surface area contributed by atoms with Crippen molar-refractivity contribution in [2.75, 3.05) is 7.05 Å². The lowest BCUT2D eigenvalue weighted by Crippen LogP contribution is -2.23. The first kappa shape index (κ1) is 19.2. The zero-order valence-corrected chi connectivity index (χ0v) is 16.9. The molecule has 0 spiro atoms. The maximum atomic E-state index is 12.6. The molecule has 27 heavy (non-hydrogen) atoms. The van der Waals surface area contributed by atoms with Gasteiger partial charge in [0.25, 0.3) is 5.91 Å². The molecule has 1 fully saturated rings. The second-order valence-corrected chi connectivity index (χ2v) is 7.64. The standard InChI is InChI=1S/C22H24N2O2S/c1-5-16-9-11-18(12-10-16)23-22-24(4)21(25)20(27-22)14-17-7-6-8-19(13-17)26-15(2)3/h6-15H,5H2,1-4H3/b20-14+,23-22?. The van der Waals surface area contributed by atoms with Gasteiger partial charge in [-0.3, -0.25) is 9.69 Å². The smallest absolute Gasteiger partial charge is 0.266 e. The minimum absolute atomic E-state index is 0.0425. The SMILES string of the molecule is CCc1ccc(N=C2S/C(=C/c3cccc(OC(C)C)c3)C(=O)N2C)cc1. The van der Waals surface area contributed by atoms with E-state index in [0.717, 1.165) is 23.4 Å². The third-order valence-corrected chi connectivity index (χ3v) is 5.16. The Morgan fingerprint density at radius 2 is 1.93 bits per heavy atom. The van der Waals surface area contributed by atoms with Gasteiger partial charge in [0.2, 0.25) is 0 Å². The molecule has 0 atom stereocenters. The highest BCUT2D eigenvalue weighted by Gasteiger charge is 2.30. The van der Waals surface area contributed by atoms with E-state index < -0.39 is 0 Å². The monoisotopic (exact) mass is 380 g/mol. The van der Waals surface area contributed by atoms with E-state index in [0.29, 0.717) is 10.1 Å². The van der Waals surface area contributed by atoms with Crippen LogP contribution in [0, 0.1) is 0 Å². The fourth-order valence-electron chi connectivity index (χ4n) is 2.67. The molecule has 0 saturated carbocycles. The number of hydrogen-bond acceptors (Lipinski definition) is 4. The van der Waals surface area contributed by atoms with Crippen molar-refractivity contribution in [3.8, 4) is 5.75 Å². The molecule has 2 aromatic carbocycles. The molecular formula is C22H24N2O2S. The number of carbonyl (C=O) groups excluding carboxylic acids is 1. The maximum Gasteiger partial charge on any atom is 0.266 e. The largest absolute Gasteiger partial charge is 0.491 e. The number of carbonyl (C=O) groups is 1. The number of benzene rings is 2. The molecule has 0 unspecified atom stereocenters. The zero-order chi connectivity index (χ0) is 19.4. The predicted molar refractivity (Wildman–Crippen MR) is 113 cm³/mol. The summed E-state index contributed by atoms with van der Waals surface area (Å²) in [6.07, 6.45) is 3.00. The summed E-state index contributed by atoms with van der Waals surface area (Å²) in [6.45, 7) is 6.11. The summed E-state index contributed by atoms with van der Waals surface area (Å²) in [5.41, 5.74) is 3.06. The molecule has 1 heterocycles. The van der Waals surface area contributed by atoms with Crippen LogP contribution in [0.1, 0.15) is 31.9 Å². The van der Waals surface area contributed by atoms with Crippen molar-refractivity contribution in [1.82, 2.24) is 4.90 Å². The van der Waals surface area contributed by atoms with Crippen LogP contribution in [0.3, 0.4) is 0 Å². The Morgan fingerprint density at radius 3 is 2.59 bits per heavy atom. The van der Waals surface area contributed by atoms with Gasteiger partial charge >= 0.3 is 0 Å². The normalized spacial score (nSPS) is 17.4. The van der Waals surface area contributed by atoms with E-state index in [2.05, 4.69) is 24.0 Å². The lowest BCUT2D eigenvalue weighted by Gasteiger charge is -2.09. The fourth-order valence-corrected chi connectivity index (χ4v) is 3.66. The van der Waals surface area contributed by atoms with E-state index in [1.54, 1.807) is 11.9 Å². The van der Waals surface area contributed by atoms with Crippen LogP contribution >= 0.6 is 11.8 Å². The number of rotatable bonds is 5. The van der Waals surface area contributed by atoms with Crippen LogP contribution in [-0.2, 0) is 11.2 Å². The number of hydrogen-bond donors (Lipinski definition) is 0. The lowest BCUT2D eigenvalue weighted by atomic mass is 10.2. The summed E-state index contributed by atoms with van der Waals surface area (Å²) in [5.74, 6) is 0.757. The third-order valence-electron chi connectivity index (χ3n) is 4.10. The summed E-state index contributed by atoms with van der Waals surface area (Å²) < 4.78 is 5.73. The van der Waals surface area contributed by atoms with Gasteiger partial charge in [0.05, 0.1) is 16.7 Å². The van der Waals surface area contributed by atoms with E-state index in [4.69, 9.17) is 4.74 Å². The Balaban J connectivity index is 1.82. The molecule has 0 N–H and O–H groups in total. The molecule has 5 heteroatoms. The van der Waals surface area contributed by atoms with Crippen molar-refractivity contribution in [1.29, 1.82) is 0 Å². The van der Waals surface area contributed by atoms with Crippen molar-refractivity contribution >= 4 is 34.6 Å². The summed E-state index contributed by atoms with van der Waals surface area (Å²) >= 11 is 1.39. The molecule has 140 valence electrons. The molecule has 0 radical (unpaired) electrons. The van der Waals surface area contributed by atoms with E-state index in [-0.39, 0.29) is 12.0 Å². The van der Waals surface area contributed by atoms with Crippen LogP contribution in [0.15, 0.2) is 58.4 Å². The minimum Gasteiger partial charge on any atom is -0.491 e. The highest BCUT2D eigenvalue weighted by molar-refractivity contribution is 8.18. The van der Waals surface area contributed by atoms with Gasteiger partial charge in [-0.25, -0.2) is 4.99 Å². The molecule has 2 aromatic rings. The van der Waals surface area contributed by atoms with Crippen LogP contribution in [0.2, 0.25) is 0 Å². The van der Waals surface area contributed by atoms with E-state index in [1.807, 2.05) is 56.3 Å². The molecule has 0 bridgehead atoms. The number of likely N-dealkylation sites (N-methyl/N-ethyl adjacent to an activating group) is 1. The summed E-state index contributed by atoms with van der Waals surface area (Å²) in [4.78, 5) is 19.5. The lowest BCUT2D eigenvalue weighted by molar-refractivity contribution is -0.121. The van der Waals surface area contributed by atoms with Crippen molar-refractivity contribution in [3.63, 3.8) is 0 Å². The first-order chi connectivity index (χ1) is 13.0. The topological polar surface area (TPSA) is 41.9 Å². The fraction of sp³-hybridized carbons (Fsp3) is 0.273. The zero-order valence-electron chi connectivity index (χ0n) is 16.1. The van der Waals surface area contributed by atoms with Gasteiger partial charge in [-0.1, -0.05) is 31.2 Å². The summed E-state index contributed by atoms with van der Waals surface area (Å²) in [6, 6.07) is 15.9. The van der Waals surface area contributed by atoms with Crippen LogP contribution < -0.4 is 4.74 Å². The van der Waals surface area contributed by atoms with Crippen LogP contribution in [0.4, 0.5) is 5.69 Å². The first-order valence-corrected chi connectivity index (χ1v) is 9.90. The van der Waals surface area contributed by atoms with Gasteiger partial charge in [-0.15, -0.1) is 0 Å². The second kappa shape index (κ2) is 8.44. The number of thioether (sulfide) groups is 1. The Kier molecular flexibility index (Phi) is 6.01. The van der Waals surface area contributed by atoms with Crippen molar-refractivity contribution < 1.29 is 9.53 Å². The van der Waals surface area contributed by atoms with Gasteiger partial charge in [-0.2, -0.15) is 0 Å². The Hall–Kier alpha value is -2.53. The number of aryl methyl sites for hydroxylation is 1. The number of ether oxygens (including phenoxy) is 1. The molecule has 4 nitrogen and oxygen atoms in total. The average Bonchev–Trinajstić information content (AvgIpc) is 2.90. The summed E-state index contributed by atoms with van der Waals surface area (Å²) in [5, 5.41) is 0.685. The molecule has 1 saturated heterocycles. The second-order valence-electron chi connectivity index (χ2n) is 6.63. The Morgan fingerprint density at radius 1 is 1.19 bits per heavy atom. The Bertz CT molecular complexity index is 885. The molecular weight excluding hydrogens is 356 g/mol. The molecule has 1 aliphatic rings.